The zero-order valence-corrected chi connectivity index (χ0v) is 28.9. The van der Waals surface area contributed by atoms with E-state index in [4.69, 9.17) is 18.6 Å². The first-order chi connectivity index (χ1) is 26.1. The predicted octanol–water partition coefficient (Wildman–Crippen LogP) is 10.6. The Morgan fingerprint density at radius 2 is 0.962 bits per heavy atom. The fourth-order valence-electron chi connectivity index (χ4n) is 5.63. The molecule has 0 unspecified atom stereocenters. The summed E-state index contributed by atoms with van der Waals surface area (Å²) in [6, 6.07) is 49.7. The van der Waals surface area contributed by atoms with Gasteiger partial charge in [-0.05, 0) is 76.4 Å². The fraction of sp³-hybridized carbons (Fsp3) is 0.0638. The van der Waals surface area contributed by atoms with Crippen LogP contribution < -0.4 is 19.6 Å². The van der Waals surface area contributed by atoms with Gasteiger partial charge in [-0.25, -0.2) is 0 Å². The molecule has 0 spiro atoms. The molecule has 6 heteroatoms. The van der Waals surface area contributed by atoms with Crippen molar-refractivity contribution in [2.24, 2.45) is 0 Å². The number of ether oxygens (including phenoxy) is 3. The second-order valence-corrected chi connectivity index (χ2v) is 12.3. The molecule has 1 aromatic heterocycles. The molecule has 0 radical (unpaired) electrons. The highest BCUT2D eigenvalue weighted by Crippen LogP contribution is 2.25. The first kappa shape index (κ1) is 34.5. The maximum Gasteiger partial charge on any atom is 0.204 e. The molecule has 6 nitrogen and oxygen atoms in total. The minimum atomic E-state index is -0.473. The van der Waals surface area contributed by atoms with Gasteiger partial charge in [-0.15, -0.1) is 0 Å². The summed E-state index contributed by atoms with van der Waals surface area (Å²) < 4.78 is 24.1. The van der Waals surface area contributed by atoms with E-state index in [1.54, 1.807) is 36.4 Å². The summed E-state index contributed by atoms with van der Waals surface area (Å²) in [5.41, 5.74) is 4.60. The highest BCUT2D eigenvalue weighted by molar-refractivity contribution is 6.10. The molecule has 0 amide bonds. The number of benzene rings is 6. The van der Waals surface area contributed by atoms with Gasteiger partial charge in [0.25, 0.3) is 0 Å². The average molecular weight is 697 g/mol. The van der Waals surface area contributed by atoms with Gasteiger partial charge in [0.15, 0.2) is 5.78 Å². The van der Waals surface area contributed by atoms with Crippen molar-refractivity contribution in [3.05, 3.63) is 213 Å². The summed E-state index contributed by atoms with van der Waals surface area (Å²) in [5, 5.41) is 0.283. The summed E-state index contributed by atoms with van der Waals surface area (Å²) in [6.07, 6.45) is 6.52. The quantitative estimate of drug-likeness (QED) is 0.0832. The van der Waals surface area contributed by atoms with E-state index in [2.05, 4.69) is 0 Å². The Balaban J connectivity index is 1.13. The lowest BCUT2D eigenvalue weighted by Crippen LogP contribution is -2.16. The van der Waals surface area contributed by atoms with E-state index in [1.165, 1.54) is 6.08 Å². The van der Waals surface area contributed by atoms with E-state index in [-0.39, 0.29) is 16.7 Å². The van der Waals surface area contributed by atoms with Crippen LogP contribution >= 0.6 is 0 Å². The van der Waals surface area contributed by atoms with E-state index < -0.39 is 11.2 Å². The van der Waals surface area contributed by atoms with Crippen molar-refractivity contribution in [3.8, 4) is 17.2 Å². The number of hydrogen-bond donors (Lipinski definition) is 0. The minimum absolute atomic E-state index is 0.0615. The van der Waals surface area contributed by atoms with E-state index >= 15 is 0 Å². The molecule has 0 aliphatic heterocycles. The molecule has 0 N–H and O–H groups in total. The van der Waals surface area contributed by atoms with Crippen molar-refractivity contribution in [2.75, 3.05) is 0 Å². The van der Waals surface area contributed by atoms with E-state index in [1.807, 2.05) is 140 Å². The number of carbonyl (C=O) groups is 1. The van der Waals surface area contributed by atoms with Crippen LogP contribution in [0, 0.1) is 0 Å². The van der Waals surface area contributed by atoms with Gasteiger partial charge >= 0.3 is 0 Å². The second kappa shape index (κ2) is 16.9. The van der Waals surface area contributed by atoms with Crippen LogP contribution in [0.4, 0.5) is 0 Å². The van der Waals surface area contributed by atoms with Gasteiger partial charge < -0.3 is 18.6 Å². The Labute approximate surface area is 307 Å². The molecule has 7 rings (SSSR count). The average Bonchev–Trinajstić information content (AvgIpc) is 3.21. The standard InChI is InChI=1S/C47H36O6/c48-43(28-20-34-16-22-39(23-17-34)50-31-36-10-4-1-5-11-36)46-44(29-21-35-18-24-40(25-19-35)51-32-37-12-6-2-7-13-37)53-45-30-41(26-27-42(45)47(46)49)52-33-38-14-8-3-9-15-38/h1-30H,31-33H2/b28-20+,29-21+. The van der Waals surface area contributed by atoms with Crippen LogP contribution in [-0.2, 0) is 19.8 Å². The fourth-order valence-corrected chi connectivity index (χ4v) is 5.63. The van der Waals surface area contributed by atoms with Gasteiger partial charge in [-0.2, -0.15) is 0 Å². The molecule has 0 aliphatic rings. The Morgan fingerprint density at radius 3 is 1.47 bits per heavy atom. The molecule has 1 heterocycles. The van der Waals surface area contributed by atoms with Crippen molar-refractivity contribution in [2.45, 2.75) is 19.8 Å². The molecule has 53 heavy (non-hydrogen) atoms. The highest BCUT2D eigenvalue weighted by Gasteiger charge is 2.19. The van der Waals surface area contributed by atoms with Crippen LogP contribution in [0.2, 0.25) is 0 Å². The normalized spacial score (nSPS) is 11.2. The van der Waals surface area contributed by atoms with Gasteiger partial charge in [-0.3, -0.25) is 9.59 Å². The molecule has 6 aromatic carbocycles. The SMILES string of the molecule is O=C(/C=C/c1ccc(OCc2ccccc2)cc1)c1c(/C=C/c2ccc(OCc3ccccc3)cc2)oc2cc(OCc3ccccc3)ccc2c1=O. The Bertz CT molecular complexity index is 2400. The lowest BCUT2D eigenvalue weighted by Gasteiger charge is -2.09. The zero-order valence-electron chi connectivity index (χ0n) is 28.9. The van der Waals surface area contributed by atoms with Gasteiger partial charge in [0.2, 0.25) is 5.43 Å². The van der Waals surface area contributed by atoms with Crippen molar-refractivity contribution in [3.63, 3.8) is 0 Å². The third-order valence-electron chi connectivity index (χ3n) is 8.50. The molecule has 0 atom stereocenters. The smallest absolute Gasteiger partial charge is 0.204 e. The van der Waals surface area contributed by atoms with Gasteiger partial charge in [0, 0.05) is 6.07 Å². The van der Waals surface area contributed by atoms with Crippen LogP contribution in [0.5, 0.6) is 17.2 Å². The summed E-state index contributed by atoms with van der Waals surface area (Å²) in [5.74, 6) is 1.65. The Hall–Kier alpha value is -6.92. The van der Waals surface area contributed by atoms with Gasteiger partial charge in [-0.1, -0.05) is 127 Å². The largest absolute Gasteiger partial charge is 0.489 e. The van der Waals surface area contributed by atoms with E-state index in [0.29, 0.717) is 36.9 Å². The molecule has 0 bridgehead atoms. The second-order valence-electron chi connectivity index (χ2n) is 12.3. The number of ketones is 1. The lowest BCUT2D eigenvalue weighted by molar-refractivity contribution is 0.104. The highest BCUT2D eigenvalue weighted by atomic mass is 16.5. The summed E-state index contributed by atoms with van der Waals surface area (Å²) in [7, 11) is 0. The Morgan fingerprint density at radius 1 is 0.509 bits per heavy atom. The van der Waals surface area contributed by atoms with Gasteiger partial charge in [0.05, 0.1) is 5.39 Å². The topological polar surface area (TPSA) is 75.0 Å². The van der Waals surface area contributed by atoms with Crippen LogP contribution in [0.15, 0.2) is 173 Å². The van der Waals surface area contributed by atoms with Gasteiger partial charge in [0.1, 0.15) is 54.0 Å². The van der Waals surface area contributed by atoms with Crippen molar-refractivity contribution in [1.82, 2.24) is 0 Å². The number of fused-ring (bicyclic) bond motifs is 1. The van der Waals surface area contributed by atoms with Crippen molar-refractivity contribution >= 4 is 35.0 Å². The van der Waals surface area contributed by atoms with Crippen LogP contribution in [-0.4, -0.2) is 5.78 Å². The molecule has 0 saturated carbocycles. The first-order valence-corrected chi connectivity index (χ1v) is 17.3. The summed E-state index contributed by atoms with van der Waals surface area (Å²) in [4.78, 5) is 27.7. The monoisotopic (exact) mass is 696 g/mol. The molecule has 0 aliphatic carbocycles. The van der Waals surface area contributed by atoms with E-state index in [0.717, 1.165) is 33.6 Å². The number of carbonyl (C=O) groups excluding carboxylic acids is 1. The molecular formula is C47H36O6. The predicted molar refractivity (Wildman–Crippen MR) is 210 cm³/mol. The van der Waals surface area contributed by atoms with Crippen molar-refractivity contribution < 1.29 is 23.4 Å². The third kappa shape index (κ3) is 9.25. The maximum absolute atomic E-state index is 13.9. The van der Waals surface area contributed by atoms with Crippen molar-refractivity contribution in [1.29, 1.82) is 0 Å². The lowest BCUT2D eigenvalue weighted by atomic mass is 10.0. The molecule has 0 saturated heterocycles. The van der Waals surface area contributed by atoms with E-state index in [9.17, 15) is 9.59 Å². The molecule has 260 valence electrons. The number of allylic oxidation sites excluding steroid dienone is 1. The minimum Gasteiger partial charge on any atom is -0.489 e. The Kier molecular flexibility index (Phi) is 11.0. The van der Waals surface area contributed by atoms with Crippen LogP contribution in [0.25, 0.3) is 29.2 Å². The molecular weight excluding hydrogens is 661 g/mol. The molecule has 7 aromatic rings. The van der Waals surface area contributed by atoms with Crippen LogP contribution in [0.3, 0.4) is 0 Å². The van der Waals surface area contributed by atoms with Crippen LogP contribution in [0.1, 0.15) is 43.9 Å². The maximum atomic E-state index is 13.9. The number of hydrogen-bond acceptors (Lipinski definition) is 6. The first-order valence-electron chi connectivity index (χ1n) is 17.3. The molecule has 0 fully saturated rings. The summed E-state index contributed by atoms with van der Waals surface area (Å²) in [6.45, 7) is 1.27. The third-order valence-corrected chi connectivity index (χ3v) is 8.50. The number of rotatable bonds is 14. The zero-order chi connectivity index (χ0) is 36.2. The summed E-state index contributed by atoms with van der Waals surface area (Å²) >= 11 is 0.